The lowest BCUT2D eigenvalue weighted by atomic mass is 10.1. The lowest BCUT2D eigenvalue weighted by molar-refractivity contribution is -0.192. The van der Waals surface area contributed by atoms with Gasteiger partial charge in [-0.3, -0.25) is 9.78 Å². The minimum atomic E-state index is -5.08. The Morgan fingerprint density at radius 3 is 2.34 bits per heavy atom. The van der Waals surface area contributed by atoms with Crippen LogP contribution in [0.3, 0.4) is 0 Å². The molecule has 12 heteroatoms. The van der Waals surface area contributed by atoms with Crippen molar-refractivity contribution in [1.29, 1.82) is 0 Å². The summed E-state index contributed by atoms with van der Waals surface area (Å²) in [5.41, 5.74) is 1.14. The van der Waals surface area contributed by atoms with Gasteiger partial charge in [-0.05, 0) is 36.8 Å². The van der Waals surface area contributed by atoms with Crippen LogP contribution in [-0.4, -0.2) is 47.3 Å². The molecule has 0 bridgehead atoms. The number of amides is 1. The molecule has 1 saturated heterocycles. The summed E-state index contributed by atoms with van der Waals surface area (Å²) < 4.78 is 70.3. The van der Waals surface area contributed by atoms with Gasteiger partial charge < -0.3 is 15.3 Å². The van der Waals surface area contributed by atoms with Crippen LogP contribution < -0.4 is 10.2 Å². The van der Waals surface area contributed by atoms with Crippen molar-refractivity contribution in [2.45, 2.75) is 24.8 Å². The largest absolute Gasteiger partial charge is 0.490 e. The number of carboxylic acids is 1. The maximum Gasteiger partial charge on any atom is 0.490 e. The average Bonchev–Trinajstić information content (AvgIpc) is 3.26. The lowest BCUT2D eigenvalue weighted by Gasteiger charge is -2.21. The Balaban J connectivity index is 0.000000429. The van der Waals surface area contributed by atoms with Gasteiger partial charge in [0.2, 0.25) is 0 Å². The fourth-order valence-electron chi connectivity index (χ4n) is 3.56. The quantitative estimate of drug-likeness (QED) is 0.502. The van der Waals surface area contributed by atoms with Gasteiger partial charge in [0.15, 0.2) is 0 Å². The van der Waals surface area contributed by atoms with E-state index in [4.69, 9.17) is 9.90 Å². The zero-order chi connectivity index (χ0) is 25.8. The fraction of sp³-hybridized carbons (Fsp3) is 0.261. The summed E-state index contributed by atoms with van der Waals surface area (Å²) in [6, 6.07) is 14.1. The minimum absolute atomic E-state index is 0.0163. The molecule has 4 rings (SSSR count). The lowest BCUT2D eigenvalue weighted by Crippen LogP contribution is -2.37. The molecule has 3 aromatic rings. The molecular weight excluding hydrogens is 480 g/mol. The Bertz CT molecular complexity index is 1210. The van der Waals surface area contributed by atoms with Gasteiger partial charge in [-0.15, -0.1) is 0 Å². The highest BCUT2D eigenvalue weighted by Gasteiger charge is 2.38. The number of rotatable bonds is 3. The van der Waals surface area contributed by atoms with Gasteiger partial charge in [-0.25, -0.2) is 4.79 Å². The Morgan fingerprint density at radius 1 is 1.00 bits per heavy atom. The van der Waals surface area contributed by atoms with E-state index in [0.29, 0.717) is 6.54 Å². The van der Waals surface area contributed by atoms with Gasteiger partial charge in [0.1, 0.15) is 0 Å². The highest BCUT2D eigenvalue weighted by Crippen LogP contribution is 2.30. The fourth-order valence-corrected chi connectivity index (χ4v) is 3.56. The Kier molecular flexibility index (Phi) is 7.51. The molecule has 2 aromatic carbocycles. The molecule has 1 unspecified atom stereocenters. The first-order valence-corrected chi connectivity index (χ1v) is 10.2. The van der Waals surface area contributed by atoms with Crippen molar-refractivity contribution in [3.63, 3.8) is 0 Å². The van der Waals surface area contributed by atoms with Crippen molar-refractivity contribution in [3.8, 4) is 0 Å². The first kappa shape index (κ1) is 25.8. The summed E-state index contributed by atoms with van der Waals surface area (Å²) in [5, 5.41) is 11.0. The van der Waals surface area contributed by atoms with Crippen LogP contribution >= 0.6 is 0 Å². The average molecular weight is 499 g/mol. The third-order valence-electron chi connectivity index (χ3n) is 5.18. The first-order chi connectivity index (χ1) is 16.4. The number of carbonyl (C=O) groups excluding carboxylic acids is 1. The predicted octanol–water partition coefficient (Wildman–Crippen LogP) is 4.90. The number of benzene rings is 2. The predicted molar refractivity (Wildman–Crippen MR) is 115 cm³/mol. The molecule has 1 aromatic heterocycles. The normalized spacial score (nSPS) is 15.9. The van der Waals surface area contributed by atoms with E-state index in [9.17, 15) is 31.1 Å². The van der Waals surface area contributed by atoms with Crippen LogP contribution in [0.1, 0.15) is 22.3 Å². The van der Waals surface area contributed by atoms with E-state index in [2.05, 4.69) is 15.2 Å². The van der Waals surface area contributed by atoms with E-state index in [1.54, 1.807) is 6.20 Å². The summed E-state index contributed by atoms with van der Waals surface area (Å²) in [6.45, 7) is 1.35. The summed E-state index contributed by atoms with van der Waals surface area (Å²) in [7, 11) is 0. The number of hydrogen-bond acceptors (Lipinski definition) is 4. The third kappa shape index (κ3) is 6.61. The molecule has 2 heterocycles. The minimum Gasteiger partial charge on any atom is -0.475 e. The summed E-state index contributed by atoms with van der Waals surface area (Å²) in [6.07, 6.45) is -7.07. The van der Waals surface area contributed by atoms with Crippen molar-refractivity contribution in [2.24, 2.45) is 0 Å². The molecule has 1 fully saturated rings. The molecule has 1 atom stereocenters. The van der Waals surface area contributed by atoms with Crippen molar-refractivity contribution >= 4 is 28.5 Å². The topological polar surface area (TPSA) is 82.5 Å². The monoisotopic (exact) mass is 499 g/mol. The molecule has 0 spiro atoms. The molecular formula is C23H19F6N3O3. The number of anilines is 1. The Hall–Kier alpha value is -3.83. The molecule has 0 aliphatic carbocycles. The molecule has 1 aliphatic heterocycles. The van der Waals surface area contributed by atoms with Crippen LogP contribution in [0, 0.1) is 0 Å². The van der Waals surface area contributed by atoms with E-state index in [-0.39, 0.29) is 11.6 Å². The maximum atomic E-state index is 12.9. The second kappa shape index (κ2) is 10.2. The number of aromatic nitrogens is 1. The Labute approximate surface area is 195 Å². The highest BCUT2D eigenvalue weighted by molar-refractivity contribution is 5.95. The smallest absolute Gasteiger partial charge is 0.475 e. The molecule has 0 radical (unpaired) electrons. The number of aliphatic carboxylic acids is 1. The number of para-hydroxylation sites is 1. The van der Waals surface area contributed by atoms with Crippen molar-refractivity contribution in [1.82, 2.24) is 10.3 Å². The number of fused-ring (bicyclic) bond motifs is 1. The van der Waals surface area contributed by atoms with Gasteiger partial charge in [0.05, 0.1) is 11.1 Å². The molecule has 1 aliphatic rings. The van der Waals surface area contributed by atoms with Crippen LogP contribution in [0.15, 0.2) is 60.8 Å². The molecule has 0 saturated carbocycles. The van der Waals surface area contributed by atoms with E-state index < -0.39 is 29.8 Å². The van der Waals surface area contributed by atoms with E-state index >= 15 is 0 Å². The molecule has 1 amide bonds. The summed E-state index contributed by atoms with van der Waals surface area (Å²) >= 11 is 0. The van der Waals surface area contributed by atoms with Crippen molar-refractivity contribution in [2.75, 3.05) is 18.0 Å². The van der Waals surface area contributed by atoms with Crippen LogP contribution in [-0.2, 0) is 11.0 Å². The number of nitrogens with one attached hydrogen (secondary N) is 1. The van der Waals surface area contributed by atoms with E-state index in [1.807, 2.05) is 30.3 Å². The number of alkyl halides is 6. The van der Waals surface area contributed by atoms with Crippen molar-refractivity contribution < 1.29 is 41.0 Å². The van der Waals surface area contributed by atoms with Gasteiger partial charge in [-0.2, -0.15) is 26.3 Å². The summed E-state index contributed by atoms with van der Waals surface area (Å²) in [4.78, 5) is 27.9. The number of carboxylic acid groups (broad SMARTS) is 1. The molecule has 2 N–H and O–H groups in total. The number of halogens is 6. The SMILES string of the molecule is O=C(NC1CCN(c2ccnc3ccccc23)C1)c1cccc(C(F)(F)F)c1.O=C(O)C(F)(F)F. The van der Waals surface area contributed by atoms with Crippen LogP contribution in [0.2, 0.25) is 0 Å². The first-order valence-electron chi connectivity index (χ1n) is 10.2. The number of hydrogen-bond donors (Lipinski definition) is 2. The van der Waals surface area contributed by atoms with Gasteiger partial charge in [0.25, 0.3) is 5.91 Å². The summed E-state index contributed by atoms with van der Waals surface area (Å²) in [5.74, 6) is -3.25. The van der Waals surface area contributed by atoms with Gasteiger partial charge in [-0.1, -0.05) is 24.3 Å². The van der Waals surface area contributed by atoms with Crippen LogP contribution in [0.25, 0.3) is 10.9 Å². The Morgan fingerprint density at radius 2 is 1.69 bits per heavy atom. The van der Waals surface area contributed by atoms with E-state index in [0.717, 1.165) is 41.7 Å². The highest BCUT2D eigenvalue weighted by atomic mass is 19.4. The molecule has 35 heavy (non-hydrogen) atoms. The standard InChI is InChI=1S/C21H18F3N3O.C2HF3O2/c22-21(23,24)15-5-3-4-14(12-15)20(28)26-16-9-11-27(13-16)19-8-10-25-18-7-2-1-6-17(18)19;3-2(4,5)1(6)7/h1-8,10,12,16H,9,11,13H2,(H,26,28);(H,6,7). The van der Waals surface area contributed by atoms with Gasteiger partial charge >= 0.3 is 18.3 Å². The molecule has 186 valence electrons. The number of carbonyl (C=O) groups is 2. The zero-order valence-corrected chi connectivity index (χ0v) is 17.9. The van der Waals surface area contributed by atoms with Crippen LogP contribution in [0.4, 0.5) is 32.0 Å². The second-order valence-electron chi connectivity index (χ2n) is 7.63. The maximum absolute atomic E-state index is 12.9. The second-order valence-corrected chi connectivity index (χ2v) is 7.63. The third-order valence-corrected chi connectivity index (χ3v) is 5.18. The van der Waals surface area contributed by atoms with Crippen molar-refractivity contribution in [3.05, 3.63) is 71.9 Å². The number of pyridine rings is 1. The molecule has 6 nitrogen and oxygen atoms in total. The number of nitrogens with zero attached hydrogens (tertiary/aromatic N) is 2. The zero-order valence-electron chi connectivity index (χ0n) is 17.9. The van der Waals surface area contributed by atoms with Gasteiger partial charge in [0, 0.05) is 42.0 Å². The van der Waals surface area contributed by atoms with Crippen LogP contribution in [0.5, 0.6) is 0 Å². The van der Waals surface area contributed by atoms with E-state index in [1.165, 1.54) is 12.1 Å².